The molecule has 0 radical (unpaired) electrons. The quantitative estimate of drug-likeness (QED) is 0.178. The maximum Gasteiger partial charge on any atom is 0.381 e. The van der Waals surface area contributed by atoms with E-state index in [0.717, 1.165) is 60.6 Å². The highest BCUT2D eigenvalue weighted by atomic mass is 16.3. The molecule has 0 bridgehead atoms. The summed E-state index contributed by atoms with van der Waals surface area (Å²) in [5.74, 6) is 9.33. The molecule has 6 aromatic rings. The molecule has 8 heterocycles. The Morgan fingerprint density at radius 2 is 1.04 bits per heavy atom. The average molecular weight is 641 g/mol. The molecule has 0 unspecified atom stereocenters. The first-order valence-electron chi connectivity index (χ1n) is 17.1. The number of hydrogen-bond acceptors (Lipinski definition) is 7. The molecule has 5 aliphatic heterocycles. The zero-order chi connectivity index (χ0) is 32.8. The molecule has 7 nitrogen and oxygen atoms in total. The van der Waals surface area contributed by atoms with Crippen molar-refractivity contribution in [2.45, 2.75) is 0 Å². The molecule has 0 saturated carbocycles. The minimum atomic E-state index is -0.0772. The van der Waals surface area contributed by atoms with Crippen molar-refractivity contribution in [3.05, 3.63) is 175 Å². The van der Waals surface area contributed by atoms with Crippen LogP contribution >= 0.6 is 0 Å². The number of benzene rings is 3. The van der Waals surface area contributed by atoms with E-state index in [0.29, 0.717) is 5.71 Å². The molecule has 11 heteroatoms. The molecule has 1 fully saturated rings. The number of rotatable bonds is 2. The van der Waals surface area contributed by atoms with Gasteiger partial charge in [0.05, 0.1) is 0 Å². The highest BCUT2D eigenvalue weighted by molar-refractivity contribution is 6.92. The van der Waals surface area contributed by atoms with Gasteiger partial charge < -0.3 is 27.7 Å². The lowest BCUT2D eigenvalue weighted by atomic mass is 9.41. The summed E-state index contributed by atoms with van der Waals surface area (Å²) < 4.78 is 22.7. The maximum absolute atomic E-state index is 6.48. The van der Waals surface area contributed by atoms with Gasteiger partial charge in [0.2, 0.25) is 5.71 Å². The largest absolute Gasteiger partial charge is 0.455 e. The normalized spacial score (nSPS) is 17.8. The van der Waals surface area contributed by atoms with Crippen molar-refractivity contribution >= 4 is 83.1 Å². The average Bonchev–Trinajstić information content (AvgIpc) is 3.76. The minimum absolute atomic E-state index is 0.0380. The number of pyridine rings is 1. The van der Waals surface area contributed by atoms with E-state index in [9.17, 15) is 0 Å². The van der Waals surface area contributed by atoms with E-state index in [1.54, 1.807) is 6.20 Å². The number of nitrogens with zero attached hydrogens (tertiary/aromatic N) is 5. The third-order valence-electron chi connectivity index (χ3n) is 10.6. The Labute approximate surface area is 290 Å². The van der Waals surface area contributed by atoms with Crippen molar-refractivity contribution in [1.82, 2.24) is 23.9 Å². The maximum atomic E-state index is 6.48. The summed E-state index contributed by atoms with van der Waals surface area (Å²) in [5, 5.41) is 4.38. The first-order valence-corrected chi connectivity index (χ1v) is 17.1. The van der Waals surface area contributed by atoms with Crippen LogP contribution in [0.2, 0.25) is 0 Å². The predicted octanol–water partition coefficient (Wildman–Crippen LogP) is 7.90. The van der Waals surface area contributed by atoms with Gasteiger partial charge in [0.15, 0.2) is 0 Å². The number of furan rings is 2. The van der Waals surface area contributed by atoms with Crippen molar-refractivity contribution in [3.8, 4) is 0 Å². The number of fused-ring (bicyclic) bond motifs is 14. The van der Waals surface area contributed by atoms with Crippen LogP contribution in [-0.4, -0.2) is 51.8 Å². The van der Waals surface area contributed by atoms with Gasteiger partial charge >= 0.3 is 27.9 Å². The Hall–Kier alpha value is -6.21. The van der Waals surface area contributed by atoms with E-state index >= 15 is 0 Å². The van der Waals surface area contributed by atoms with Gasteiger partial charge in [-0.05, 0) is 78.4 Å². The van der Waals surface area contributed by atoms with E-state index in [1.165, 1.54) is 0 Å². The van der Waals surface area contributed by atoms with E-state index in [2.05, 4.69) is 164 Å². The molecule has 11 rings (SSSR count). The summed E-state index contributed by atoms with van der Waals surface area (Å²) in [6, 6.07) is 25.2. The summed E-state index contributed by atoms with van der Waals surface area (Å²) in [4.78, 5) is 4.50. The zero-order valence-electron chi connectivity index (χ0n) is 27.0. The number of allylic oxidation sites excluding steroid dienone is 8. The van der Waals surface area contributed by atoms with Gasteiger partial charge in [0, 0.05) is 38.9 Å². The Morgan fingerprint density at radius 1 is 0.480 bits per heavy atom. The fraction of sp³-hybridized carbons (Fsp3) is 0. The Morgan fingerprint density at radius 3 is 1.72 bits per heavy atom. The standard InChI is InChI=1S/C39H27B4N5O2/c1-2-16-36-32(10-1)33-13-7-11-30(37(33)49-36)28-17-24-47-41-20-4-6-23-46(41)43-27-29(18-25-48(43)40-19-3-5-22-45(40)42(47)26-28)31-12-8-14-34-35-15-9-21-44-39(35)50-38(31)34/h1-27H. The summed E-state index contributed by atoms with van der Waals surface area (Å²) in [6.07, 6.45) is 23.8. The van der Waals surface area contributed by atoms with Crippen LogP contribution in [0.3, 0.4) is 0 Å². The Kier molecular flexibility index (Phi) is 5.90. The second-order valence-corrected chi connectivity index (χ2v) is 13.2. The SMILES string of the molecule is C1=CB2N3C=CC(c4cccc5c4oc4ccccc45)=CB3N3C=CC=CB3N3C=CC(c4cccc5c4oc4ncccc45)=CB3N2C=C1. The monoisotopic (exact) mass is 641 g/mol. The molecule has 0 N–H and O–H groups in total. The number of para-hydroxylation sites is 3. The second kappa shape index (κ2) is 10.6. The second-order valence-electron chi connectivity index (χ2n) is 13.2. The summed E-state index contributed by atoms with van der Waals surface area (Å²) >= 11 is 0. The molecule has 5 aliphatic rings. The summed E-state index contributed by atoms with van der Waals surface area (Å²) in [7, 11) is 0. The van der Waals surface area contributed by atoms with Crippen LogP contribution in [0.1, 0.15) is 11.1 Å². The highest BCUT2D eigenvalue weighted by Gasteiger charge is 2.50. The van der Waals surface area contributed by atoms with E-state index in [-0.39, 0.29) is 27.9 Å². The van der Waals surface area contributed by atoms with Gasteiger partial charge in [-0.2, -0.15) is 0 Å². The summed E-state index contributed by atoms with van der Waals surface area (Å²) in [6.45, 7) is -0.222. The molecule has 3 aromatic heterocycles. The van der Waals surface area contributed by atoms with Crippen LogP contribution < -0.4 is 0 Å². The van der Waals surface area contributed by atoms with Crippen LogP contribution in [0.25, 0.3) is 55.2 Å². The Bertz CT molecular complexity index is 2450. The van der Waals surface area contributed by atoms with Crippen molar-refractivity contribution < 1.29 is 8.83 Å². The molecule has 0 atom stereocenters. The Balaban J connectivity index is 1.03. The third kappa shape index (κ3) is 4.00. The zero-order valence-corrected chi connectivity index (χ0v) is 27.0. The van der Waals surface area contributed by atoms with Crippen molar-refractivity contribution in [3.63, 3.8) is 0 Å². The molecule has 0 aliphatic carbocycles. The molecule has 0 spiro atoms. The van der Waals surface area contributed by atoms with Crippen LogP contribution in [0, 0.1) is 0 Å². The topological polar surface area (TPSA) is 52.1 Å². The van der Waals surface area contributed by atoms with Gasteiger partial charge in [-0.1, -0.05) is 90.7 Å². The predicted molar refractivity (Wildman–Crippen MR) is 206 cm³/mol. The van der Waals surface area contributed by atoms with Gasteiger partial charge in [-0.3, -0.25) is 0 Å². The van der Waals surface area contributed by atoms with E-state index in [4.69, 9.17) is 8.83 Å². The molecular weight excluding hydrogens is 614 g/mol. The highest BCUT2D eigenvalue weighted by Crippen LogP contribution is 2.39. The lowest BCUT2D eigenvalue weighted by molar-refractivity contribution is 0.622. The first-order chi connectivity index (χ1) is 24.8. The molecule has 1 saturated heterocycles. The smallest absolute Gasteiger partial charge is 0.381 e. The van der Waals surface area contributed by atoms with Crippen molar-refractivity contribution in [2.24, 2.45) is 0 Å². The van der Waals surface area contributed by atoms with Gasteiger partial charge in [0.25, 0.3) is 0 Å². The first kappa shape index (κ1) is 27.7. The molecular formula is C39H27B4N5O2. The summed E-state index contributed by atoms with van der Waals surface area (Å²) in [5.41, 5.74) is 7.76. The molecule has 50 heavy (non-hydrogen) atoms. The van der Waals surface area contributed by atoms with E-state index < -0.39 is 0 Å². The van der Waals surface area contributed by atoms with Crippen molar-refractivity contribution in [2.75, 3.05) is 0 Å². The molecule has 232 valence electrons. The van der Waals surface area contributed by atoms with Crippen LogP contribution in [0.4, 0.5) is 0 Å². The number of hydrogen-bond donors (Lipinski definition) is 0. The van der Waals surface area contributed by atoms with Gasteiger partial charge in [-0.15, -0.1) is 0 Å². The fourth-order valence-electron chi connectivity index (χ4n) is 8.27. The van der Waals surface area contributed by atoms with Gasteiger partial charge in [-0.25, -0.2) is 4.98 Å². The lowest BCUT2D eigenvalue weighted by Crippen LogP contribution is -2.73. The van der Waals surface area contributed by atoms with E-state index in [1.807, 2.05) is 18.2 Å². The third-order valence-corrected chi connectivity index (χ3v) is 10.6. The van der Waals surface area contributed by atoms with Gasteiger partial charge in [0.1, 0.15) is 16.7 Å². The van der Waals surface area contributed by atoms with Crippen molar-refractivity contribution in [1.29, 1.82) is 0 Å². The minimum Gasteiger partial charge on any atom is -0.455 e. The number of aromatic nitrogens is 1. The van der Waals surface area contributed by atoms with Crippen LogP contribution in [-0.2, 0) is 0 Å². The lowest BCUT2D eigenvalue weighted by Gasteiger charge is -2.53. The molecule has 0 amide bonds. The fourth-order valence-corrected chi connectivity index (χ4v) is 8.27. The molecule has 3 aromatic carbocycles. The van der Waals surface area contributed by atoms with Crippen LogP contribution in [0.5, 0.6) is 0 Å². The van der Waals surface area contributed by atoms with Crippen LogP contribution in [0.15, 0.2) is 173 Å².